The number of hydrogen-bond donors (Lipinski definition) is 1. The van der Waals surface area contributed by atoms with Gasteiger partial charge < -0.3 is 10.2 Å². The highest BCUT2D eigenvalue weighted by molar-refractivity contribution is 7.92. The molecule has 1 N–H and O–H groups in total. The summed E-state index contributed by atoms with van der Waals surface area (Å²) in [4.78, 5) is 26.9. The molecule has 9 heteroatoms. The van der Waals surface area contributed by atoms with E-state index in [9.17, 15) is 22.4 Å². The number of benzene rings is 2. The van der Waals surface area contributed by atoms with Gasteiger partial charge in [-0.15, -0.1) is 0 Å². The maximum absolute atomic E-state index is 13.3. The zero-order chi connectivity index (χ0) is 24.6. The molecule has 2 amide bonds. The molecule has 7 nitrogen and oxygen atoms in total. The Bertz CT molecular complexity index is 1060. The highest BCUT2D eigenvalue weighted by atomic mass is 32.2. The predicted molar refractivity (Wildman–Crippen MR) is 128 cm³/mol. The lowest BCUT2D eigenvalue weighted by atomic mass is 10.1. The molecule has 0 aromatic heterocycles. The van der Waals surface area contributed by atoms with E-state index in [4.69, 9.17) is 0 Å². The van der Waals surface area contributed by atoms with E-state index >= 15 is 0 Å². The Balaban J connectivity index is 2.14. The topological polar surface area (TPSA) is 86.8 Å². The first kappa shape index (κ1) is 26.3. The number of rotatable bonds is 11. The first-order valence-electron chi connectivity index (χ1n) is 10.9. The second kappa shape index (κ2) is 11.8. The van der Waals surface area contributed by atoms with Gasteiger partial charge in [-0.05, 0) is 62.6 Å². The molecule has 0 fully saturated rings. The molecular formula is C24H32FN3O4S. The van der Waals surface area contributed by atoms with Crippen LogP contribution in [0, 0.1) is 12.7 Å². The van der Waals surface area contributed by atoms with E-state index in [-0.39, 0.29) is 43.6 Å². The summed E-state index contributed by atoms with van der Waals surface area (Å²) in [7, 11) is -3.53. The average molecular weight is 478 g/mol. The molecule has 180 valence electrons. The SMILES string of the molecule is CCNC(=O)[C@H](C)N(Cc1ccc(F)cc1)C(=O)CCCN(c1cccc(C)c1)S(C)(=O)=O. The van der Waals surface area contributed by atoms with Crippen molar-refractivity contribution in [3.05, 3.63) is 65.5 Å². The zero-order valence-corrected chi connectivity index (χ0v) is 20.4. The van der Waals surface area contributed by atoms with Gasteiger partial charge in [0.1, 0.15) is 11.9 Å². The number of carbonyl (C=O) groups is 2. The van der Waals surface area contributed by atoms with Gasteiger partial charge in [-0.1, -0.05) is 24.3 Å². The fourth-order valence-electron chi connectivity index (χ4n) is 3.48. The van der Waals surface area contributed by atoms with Gasteiger partial charge in [0.05, 0.1) is 11.9 Å². The van der Waals surface area contributed by atoms with Crippen LogP contribution < -0.4 is 9.62 Å². The van der Waals surface area contributed by atoms with E-state index < -0.39 is 16.1 Å². The number of hydrogen-bond acceptors (Lipinski definition) is 4. The fraction of sp³-hybridized carbons (Fsp3) is 0.417. The number of carbonyl (C=O) groups excluding carboxylic acids is 2. The van der Waals surface area contributed by atoms with Crippen molar-refractivity contribution in [1.82, 2.24) is 10.2 Å². The molecule has 0 aliphatic rings. The molecule has 2 aromatic carbocycles. The number of anilines is 1. The van der Waals surface area contributed by atoms with Gasteiger partial charge in [-0.2, -0.15) is 0 Å². The van der Waals surface area contributed by atoms with Crippen LogP contribution in [0.4, 0.5) is 10.1 Å². The van der Waals surface area contributed by atoms with Crippen molar-refractivity contribution in [3.8, 4) is 0 Å². The lowest BCUT2D eigenvalue weighted by molar-refractivity contribution is -0.140. The average Bonchev–Trinajstić information content (AvgIpc) is 2.75. The van der Waals surface area contributed by atoms with Crippen LogP contribution in [0.25, 0.3) is 0 Å². The number of amides is 2. The van der Waals surface area contributed by atoms with Crippen LogP contribution in [0.15, 0.2) is 48.5 Å². The number of aryl methyl sites for hydroxylation is 1. The molecule has 0 heterocycles. The van der Waals surface area contributed by atoms with Crippen molar-refractivity contribution in [2.24, 2.45) is 0 Å². The molecule has 2 rings (SSSR count). The quantitative estimate of drug-likeness (QED) is 0.538. The van der Waals surface area contributed by atoms with Gasteiger partial charge in [-0.25, -0.2) is 12.8 Å². The van der Waals surface area contributed by atoms with Gasteiger partial charge in [0.15, 0.2) is 0 Å². The van der Waals surface area contributed by atoms with Gasteiger partial charge in [0.25, 0.3) is 0 Å². The first-order valence-corrected chi connectivity index (χ1v) is 12.7. The van der Waals surface area contributed by atoms with Crippen LogP contribution in [0.1, 0.15) is 37.8 Å². The summed E-state index contributed by atoms with van der Waals surface area (Å²) in [5.74, 6) is -0.952. The Morgan fingerprint density at radius 3 is 2.36 bits per heavy atom. The van der Waals surface area contributed by atoms with Gasteiger partial charge in [0, 0.05) is 26.1 Å². The minimum absolute atomic E-state index is 0.0583. The van der Waals surface area contributed by atoms with E-state index in [1.165, 1.54) is 21.3 Å². The summed E-state index contributed by atoms with van der Waals surface area (Å²) in [6.07, 6.45) is 1.47. The van der Waals surface area contributed by atoms with E-state index in [0.717, 1.165) is 11.8 Å². The Kier molecular flexibility index (Phi) is 9.40. The molecule has 2 aromatic rings. The van der Waals surface area contributed by atoms with Crippen molar-refractivity contribution in [2.75, 3.05) is 23.7 Å². The van der Waals surface area contributed by atoms with Crippen molar-refractivity contribution in [1.29, 1.82) is 0 Å². The van der Waals surface area contributed by atoms with E-state index in [2.05, 4.69) is 5.32 Å². The number of nitrogens with zero attached hydrogens (tertiary/aromatic N) is 2. The summed E-state index contributed by atoms with van der Waals surface area (Å²) < 4.78 is 39.2. The molecule has 1 atom stereocenters. The van der Waals surface area contributed by atoms with Crippen molar-refractivity contribution in [2.45, 2.75) is 46.2 Å². The minimum atomic E-state index is -3.53. The lowest BCUT2D eigenvalue weighted by Gasteiger charge is -2.29. The van der Waals surface area contributed by atoms with Crippen LogP contribution in [-0.2, 0) is 26.2 Å². The highest BCUT2D eigenvalue weighted by Gasteiger charge is 2.26. The number of halogens is 1. The molecule has 0 saturated heterocycles. The number of sulfonamides is 1. The Hall–Kier alpha value is -2.94. The predicted octanol–water partition coefficient (Wildman–Crippen LogP) is 3.23. The lowest BCUT2D eigenvalue weighted by Crippen LogP contribution is -2.47. The van der Waals surface area contributed by atoms with Crippen molar-refractivity contribution in [3.63, 3.8) is 0 Å². The Labute approximate surface area is 195 Å². The molecule has 0 spiro atoms. The first-order chi connectivity index (χ1) is 15.5. The second-order valence-electron chi connectivity index (χ2n) is 8.00. The van der Waals surface area contributed by atoms with Crippen LogP contribution in [0.2, 0.25) is 0 Å². The minimum Gasteiger partial charge on any atom is -0.355 e. The molecular weight excluding hydrogens is 445 g/mol. The van der Waals surface area contributed by atoms with Crippen LogP contribution in [-0.4, -0.2) is 50.5 Å². The van der Waals surface area contributed by atoms with Crippen molar-refractivity contribution < 1.29 is 22.4 Å². The van der Waals surface area contributed by atoms with E-state index in [1.807, 2.05) is 13.0 Å². The molecule has 0 radical (unpaired) electrons. The molecule has 0 bridgehead atoms. The highest BCUT2D eigenvalue weighted by Crippen LogP contribution is 2.20. The maximum atomic E-state index is 13.3. The third kappa shape index (κ3) is 7.85. The fourth-order valence-corrected chi connectivity index (χ4v) is 4.44. The van der Waals surface area contributed by atoms with Gasteiger partial charge >= 0.3 is 0 Å². The third-order valence-electron chi connectivity index (χ3n) is 5.23. The number of nitrogens with one attached hydrogen (secondary N) is 1. The van der Waals surface area contributed by atoms with Gasteiger partial charge in [0.2, 0.25) is 21.8 Å². The number of likely N-dealkylation sites (N-methyl/N-ethyl adjacent to an activating group) is 1. The summed E-state index contributed by atoms with van der Waals surface area (Å²) in [5, 5.41) is 2.72. The largest absolute Gasteiger partial charge is 0.355 e. The molecule has 0 unspecified atom stereocenters. The van der Waals surface area contributed by atoms with E-state index in [1.54, 1.807) is 44.2 Å². The smallest absolute Gasteiger partial charge is 0.242 e. The third-order valence-corrected chi connectivity index (χ3v) is 6.42. The zero-order valence-electron chi connectivity index (χ0n) is 19.5. The summed E-state index contributed by atoms with van der Waals surface area (Å²) in [6, 6.07) is 12.2. The Morgan fingerprint density at radius 1 is 1.12 bits per heavy atom. The molecule has 0 saturated carbocycles. The normalized spacial score (nSPS) is 12.2. The van der Waals surface area contributed by atoms with Crippen LogP contribution in [0.5, 0.6) is 0 Å². The second-order valence-corrected chi connectivity index (χ2v) is 9.90. The van der Waals surface area contributed by atoms with Crippen molar-refractivity contribution >= 4 is 27.5 Å². The van der Waals surface area contributed by atoms with Crippen LogP contribution >= 0.6 is 0 Å². The Morgan fingerprint density at radius 2 is 1.79 bits per heavy atom. The summed E-state index contributed by atoms with van der Waals surface area (Å²) in [6.45, 7) is 6.02. The summed E-state index contributed by atoms with van der Waals surface area (Å²) in [5.41, 5.74) is 2.17. The summed E-state index contributed by atoms with van der Waals surface area (Å²) >= 11 is 0. The standard InChI is InChI=1S/C24H32FN3O4S/c1-5-26-24(30)19(3)27(17-20-11-13-21(25)14-12-20)23(29)10-7-15-28(33(4,31)32)22-9-6-8-18(2)16-22/h6,8-9,11-14,16,19H,5,7,10,15,17H2,1-4H3,(H,26,30)/t19-/m0/s1. The monoisotopic (exact) mass is 477 g/mol. The maximum Gasteiger partial charge on any atom is 0.242 e. The molecule has 33 heavy (non-hydrogen) atoms. The van der Waals surface area contributed by atoms with Crippen LogP contribution in [0.3, 0.4) is 0 Å². The van der Waals surface area contributed by atoms with E-state index in [0.29, 0.717) is 17.8 Å². The van der Waals surface area contributed by atoms with Gasteiger partial charge in [-0.3, -0.25) is 13.9 Å². The molecule has 0 aliphatic heterocycles. The molecule has 0 aliphatic carbocycles.